The first-order valence-corrected chi connectivity index (χ1v) is 11.3. The number of carbonyl (C=O) groups excluding carboxylic acids is 2. The largest absolute Gasteiger partial charge is 0.487 e. The fraction of sp³-hybridized carbons (Fsp3) is 0.167. The van der Waals surface area contributed by atoms with Crippen LogP contribution in [0.2, 0.25) is 5.02 Å². The minimum absolute atomic E-state index is 0.0279. The molecule has 0 saturated carbocycles. The van der Waals surface area contributed by atoms with E-state index in [9.17, 15) is 18.4 Å². The van der Waals surface area contributed by atoms with Crippen LogP contribution in [0.3, 0.4) is 0 Å². The molecule has 3 aromatic carbocycles. The second-order valence-corrected chi connectivity index (χ2v) is 8.56. The lowest BCUT2D eigenvalue weighted by molar-refractivity contribution is 0.0803. The molecule has 0 bridgehead atoms. The molecule has 0 aromatic heterocycles. The molecule has 4 N–H and O–H groups in total. The van der Waals surface area contributed by atoms with Crippen LogP contribution in [0.25, 0.3) is 0 Å². The monoisotopic (exact) mass is 551 g/mol. The minimum atomic E-state index is -2.72. The topological polar surface area (TPSA) is 93.5 Å². The average molecular weight is 553 g/mol. The van der Waals surface area contributed by atoms with E-state index in [1.54, 1.807) is 43.3 Å². The van der Waals surface area contributed by atoms with E-state index in [1.807, 2.05) is 0 Å². The van der Waals surface area contributed by atoms with Crippen molar-refractivity contribution in [3.05, 3.63) is 86.3 Å². The van der Waals surface area contributed by atoms with E-state index in [2.05, 4.69) is 26.6 Å². The molecule has 6 nitrogen and oxygen atoms in total. The predicted octanol–water partition coefficient (Wildman–Crippen LogP) is 6.02. The van der Waals surface area contributed by atoms with Gasteiger partial charge in [0.1, 0.15) is 12.4 Å². The number of amides is 2. The Morgan fingerprint density at radius 1 is 1.03 bits per heavy atom. The molecule has 3 aromatic rings. The zero-order chi connectivity index (χ0) is 24.8. The summed E-state index contributed by atoms with van der Waals surface area (Å²) in [7, 11) is 0. The van der Waals surface area contributed by atoms with Crippen LogP contribution in [0.4, 0.5) is 20.2 Å². The van der Waals surface area contributed by atoms with Crippen molar-refractivity contribution in [2.45, 2.75) is 19.9 Å². The van der Waals surface area contributed by atoms with E-state index >= 15 is 0 Å². The number of nitrogens with one attached hydrogen (secondary N) is 2. The van der Waals surface area contributed by atoms with Gasteiger partial charge in [0.15, 0.2) is 0 Å². The van der Waals surface area contributed by atoms with Gasteiger partial charge in [-0.1, -0.05) is 39.7 Å². The molecule has 34 heavy (non-hydrogen) atoms. The van der Waals surface area contributed by atoms with Crippen LogP contribution in [0.15, 0.2) is 59.1 Å². The van der Waals surface area contributed by atoms with Crippen molar-refractivity contribution in [1.82, 2.24) is 0 Å². The van der Waals surface area contributed by atoms with Crippen molar-refractivity contribution in [3.8, 4) is 5.75 Å². The van der Waals surface area contributed by atoms with Gasteiger partial charge in [0.05, 0.1) is 16.1 Å². The molecule has 0 aliphatic heterocycles. The van der Waals surface area contributed by atoms with E-state index in [-0.39, 0.29) is 34.1 Å². The number of nitrogens with two attached hydrogens (primary N) is 1. The third-order valence-electron chi connectivity index (χ3n) is 4.83. The molecule has 178 valence electrons. The Morgan fingerprint density at radius 3 is 2.32 bits per heavy atom. The van der Waals surface area contributed by atoms with E-state index in [4.69, 9.17) is 22.1 Å². The molecule has 0 heterocycles. The van der Waals surface area contributed by atoms with Gasteiger partial charge in [0, 0.05) is 22.4 Å². The fourth-order valence-corrected chi connectivity index (χ4v) is 3.78. The van der Waals surface area contributed by atoms with Gasteiger partial charge < -0.3 is 21.1 Å². The van der Waals surface area contributed by atoms with Crippen molar-refractivity contribution in [2.24, 2.45) is 5.73 Å². The molecular weight excluding hydrogens is 532 g/mol. The lowest BCUT2D eigenvalue weighted by atomic mass is 10.0. The number of aryl methyl sites for hydroxylation is 1. The highest BCUT2D eigenvalue weighted by Gasteiger charge is 2.19. The van der Waals surface area contributed by atoms with Crippen LogP contribution in [0.5, 0.6) is 5.75 Å². The van der Waals surface area contributed by atoms with Crippen molar-refractivity contribution < 1.29 is 23.1 Å². The molecule has 0 radical (unpaired) electrons. The first kappa shape index (κ1) is 25.6. The Labute approximate surface area is 208 Å². The summed E-state index contributed by atoms with van der Waals surface area (Å²) in [4.78, 5) is 25.9. The lowest BCUT2D eigenvalue weighted by Crippen LogP contribution is -2.18. The molecule has 3 rings (SSSR count). The second-order valence-electron chi connectivity index (χ2n) is 7.26. The highest BCUT2D eigenvalue weighted by atomic mass is 79.9. The van der Waals surface area contributed by atoms with Crippen LogP contribution in [-0.2, 0) is 6.54 Å². The van der Waals surface area contributed by atoms with Crippen LogP contribution in [0, 0.1) is 6.92 Å². The number of hydrogen-bond donors (Lipinski definition) is 3. The van der Waals surface area contributed by atoms with Gasteiger partial charge in [-0.25, -0.2) is 8.78 Å². The standard InChI is InChI=1S/C24H21BrClF2N3O3/c1-13-2-3-14(11-29)22(26)21(13)24(33)31-17-8-9-19(34-12-20(27)28)18(10-17)23(32)30-16-6-4-15(25)5-7-16/h2-10,20H,11-12,29H2,1H3,(H,30,32)(H,31,33). The fourth-order valence-electron chi connectivity index (χ4n) is 3.14. The van der Waals surface area contributed by atoms with Gasteiger partial charge in [-0.2, -0.15) is 0 Å². The number of alkyl halides is 2. The number of anilines is 2. The van der Waals surface area contributed by atoms with Crippen LogP contribution in [-0.4, -0.2) is 24.8 Å². The Kier molecular flexibility index (Phi) is 8.60. The molecular formula is C24H21BrClF2N3O3. The molecule has 0 fully saturated rings. The van der Waals surface area contributed by atoms with Crippen LogP contribution < -0.4 is 21.1 Å². The third-order valence-corrected chi connectivity index (χ3v) is 5.79. The van der Waals surface area contributed by atoms with Crippen molar-refractivity contribution >= 4 is 50.7 Å². The number of halogens is 4. The highest BCUT2D eigenvalue weighted by Crippen LogP contribution is 2.28. The summed E-state index contributed by atoms with van der Waals surface area (Å²) in [5.41, 5.74) is 7.91. The Morgan fingerprint density at radius 2 is 1.68 bits per heavy atom. The van der Waals surface area contributed by atoms with Crippen molar-refractivity contribution in [1.29, 1.82) is 0 Å². The smallest absolute Gasteiger partial charge is 0.272 e. The Balaban J connectivity index is 1.91. The maximum absolute atomic E-state index is 13.0. The van der Waals surface area contributed by atoms with E-state index in [0.29, 0.717) is 16.8 Å². The molecule has 10 heteroatoms. The summed E-state index contributed by atoms with van der Waals surface area (Å²) in [5.74, 6) is -1.15. The van der Waals surface area contributed by atoms with Crippen molar-refractivity contribution in [2.75, 3.05) is 17.2 Å². The predicted molar refractivity (Wildman–Crippen MR) is 132 cm³/mol. The number of benzene rings is 3. The van der Waals surface area contributed by atoms with Gasteiger partial charge in [-0.05, 0) is 60.5 Å². The summed E-state index contributed by atoms with van der Waals surface area (Å²) in [6.45, 7) is 1.01. The number of rotatable bonds is 8. The zero-order valence-corrected chi connectivity index (χ0v) is 20.3. The molecule has 0 atom stereocenters. The first-order chi connectivity index (χ1) is 16.2. The average Bonchev–Trinajstić information content (AvgIpc) is 2.79. The quantitative estimate of drug-likeness (QED) is 0.319. The maximum Gasteiger partial charge on any atom is 0.272 e. The summed E-state index contributed by atoms with van der Waals surface area (Å²) in [6, 6.07) is 14.4. The van der Waals surface area contributed by atoms with Gasteiger partial charge >= 0.3 is 0 Å². The summed E-state index contributed by atoms with van der Waals surface area (Å²) < 4.78 is 31.4. The van der Waals surface area contributed by atoms with E-state index in [1.165, 1.54) is 18.2 Å². The molecule has 0 spiro atoms. The van der Waals surface area contributed by atoms with Crippen LogP contribution >= 0.6 is 27.5 Å². The van der Waals surface area contributed by atoms with E-state index in [0.717, 1.165) is 4.47 Å². The lowest BCUT2D eigenvalue weighted by Gasteiger charge is -2.15. The molecule has 0 unspecified atom stereocenters. The third kappa shape index (κ3) is 6.31. The number of ether oxygens (including phenoxy) is 1. The Bertz CT molecular complexity index is 1210. The molecule has 0 saturated heterocycles. The molecule has 2 amide bonds. The number of carbonyl (C=O) groups is 2. The van der Waals surface area contributed by atoms with Gasteiger partial charge in [-0.15, -0.1) is 0 Å². The SMILES string of the molecule is Cc1ccc(CN)c(Cl)c1C(=O)Nc1ccc(OCC(F)F)c(C(=O)Nc2ccc(Br)cc2)c1. The maximum atomic E-state index is 13.0. The first-order valence-electron chi connectivity index (χ1n) is 10.1. The van der Waals surface area contributed by atoms with Crippen LogP contribution in [0.1, 0.15) is 31.8 Å². The summed E-state index contributed by atoms with van der Waals surface area (Å²) in [6.07, 6.45) is -2.72. The summed E-state index contributed by atoms with van der Waals surface area (Å²) >= 11 is 9.67. The van der Waals surface area contributed by atoms with Gasteiger partial charge in [0.25, 0.3) is 18.2 Å². The zero-order valence-electron chi connectivity index (χ0n) is 18.0. The van der Waals surface area contributed by atoms with Gasteiger partial charge in [-0.3, -0.25) is 9.59 Å². The van der Waals surface area contributed by atoms with Gasteiger partial charge in [0.2, 0.25) is 0 Å². The minimum Gasteiger partial charge on any atom is -0.487 e. The Hall–Kier alpha value is -3.01. The van der Waals surface area contributed by atoms with E-state index < -0.39 is 24.8 Å². The normalized spacial score (nSPS) is 10.8. The second kappa shape index (κ2) is 11.4. The highest BCUT2D eigenvalue weighted by molar-refractivity contribution is 9.10. The summed E-state index contributed by atoms with van der Waals surface area (Å²) in [5, 5.41) is 5.62. The molecule has 0 aliphatic rings. The molecule has 0 aliphatic carbocycles. The van der Waals surface area contributed by atoms with Crippen molar-refractivity contribution in [3.63, 3.8) is 0 Å². The number of hydrogen-bond acceptors (Lipinski definition) is 4.